The van der Waals surface area contributed by atoms with Crippen molar-refractivity contribution in [1.82, 2.24) is 4.98 Å². The first kappa shape index (κ1) is 8.74. The summed E-state index contributed by atoms with van der Waals surface area (Å²) in [4.78, 5) is 14.1. The van der Waals surface area contributed by atoms with Gasteiger partial charge in [0.25, 0.3) is 0 Å². The Labute approximate surface area is 78.2 Å². The first-order valence-electron chi connectivity index (χ1n) is 3.90. The Hall–Kier alpha value is -1.84. The Bertz CT molecular complexity index is 511. The molecule has 1 aromatic heterocycles. The number of aldehydes is 1. The summed E-state index contributed by atoms with van der Waals surface area (Å²) in [6.45, 7) is 0. The molecule has 0 unspecified atom stereocenters. The predicted octanol–water partition coefficient (Wildman–Crippen LogP) is 2.33. The standard InChI is InChI=1S/C10H5F2NO/c11-8-2-7-1-6(5-14)4-13-10(7)9(12)3-8/h1-5H. The molecule has 0 fully saturated rings. The van der Waals surface area contributed by atoms with Crippen molar-refractivity contribution >= 4 is 17.2 Å². The zero-order chi connectivity index (χ0) is 10.1. The van der Waals surface area contributed by atoms with Gasteiger partial charge in [-0.05, 0) is 12.1 Å². The van der Waals surface area contributed by atoms with Gasteiger partial charge in [-0.15, -0.1) is 0 Å². The molecule has 0 radical (unpaired) electrons. The predicted molar refractivity (Wildman–Crippen MR) is 47.0 cm³/mol. The van der Waals surface area contributed by atoms with Crippen LogP contribution in [-0.2, 0) is 0 Å². The molecule has 0 amide bonds. The van der Waals surface area contributed by atoms with Gasteiger partial charge in [0.2, 0.25) is 0 Å². The van der Waals surface area contributed by atoms with Crippen LogP contribution in [0, 0.1) is 11.6 Å². The van der Waals surface area contributed by atoms with Gasteiger partial charge >= 0.3 is 0 Å². The molecule has 0 spiro atoms. The maximum absolute atomic E-state index is 13.1. The van der Waals surface area contributed by atoms with E-state index in [9.17, 15) is 13.6 Å². The molecule has 0 atom stereocenters. The number of benzene rings is 1. The van der Waals surface area contributed by atoms with Crippen LogP contribution in [0.1, 0.15) is 10.4 Å². The second kappa shape index (κ2) is 3.14. The third kappa shape index (κ3) is 1.35. The van der Waals surface area contributed by atoms with Gasteiger partial charge in [0.05, 0.1) is 0 Å². The fraction of sp³-hybridized carbons (Fsp3) is 0. The highest BCUT2D eigenvalue weighted by molar-refractivity contribution is 5.86. The van der Waals surface area contributed by atoms with Gasteiger partial charge in [0, 0.05) is 23.2 Å². The molecule has 0 saturated carbocycles. The average molecular weight is 193 g/mol. The van der Waals surface area contributed by atoms with Gasteiger partial charge in [-0.3, -0.25) is 9.78 Å². The number of nitrogens with zero attached hydrogens (tertiary/aromatic N) is 1. The Balaban J connectivity index is 2.81. The number of hydrogen-bond donors (Lipinski definition) is 0. The molecule has 2 rings (SSSR count). The zero-order valence-electron chi connectivity index (χ0n) is 7.00. The van der Waals surface area contributed by atoms with E-state index < -0.39 is 11.6 Å². The summed E-state index contributed by atoms with van der Waals surface area (Å²) in [6, 6.07) is 3.29. The normalized spacial score (nSPS) is 10.4. The molecule has 70 valence electrons. The van der Waals surface area contributed by atoms with E-state index in [1.807, 2.05) is 0 Å². The molecule has 0 aliphatic carbocycles. The summed E-state index contributed by atoms with van der Waals surface area (Å²) < 4.78 is 25.9. The fourth-order valence-corrected chi connectivity index (χ4v) is 1.25. The number of fused-ring (bicyclic) bond motifs is 1. The average Bonchev–Trinajstić information content (AvgIpc) is 2.16. The molecule has 0 aliphatic rings. The van der Waals surface area contributed by atoms with Crippen molar-refractivity contribution in [2.24, 2.45) is 0 Å². The molecule has 0 aliphatic heterocycles. The first-order valence-corrected chi connectivity index (χ1v) is 3.90. The zero-order valence-corrected chi connectivity index (χ0v) is 7.00. The molecular formula is C10H5F2NO. The van der Waals surface area contributed by atoms with Gasteiger partial charge in [-0.25, -0.2) is 8.78 Å². The van der Waals surface area contributed by atoms with E-state index in [0.29, 0.717) is 11.8 Å². The number of rotatable bonds is 1. The topological polar surface area (TPSA) is 30.0 Å². The molecule has 0 N–H and O–H groups in total. The number of hydrogen-bond acceptors (Lipinski definition) is 2. The van der Waals surface area contributed by atoms with Crippen molar-refractivity contribution < 1.29 is 13.6 Å². The molecule has 4 heteroatoms. The lowest BCUT2D eigenvalue weighted by atomic mass is 10.1. The Morgan fingerprint density at radius 2 is 2.00 bits per heavy atom. The van der Waals surface area contributed by atoms with Crippen LogP contribution in [0.25, 0.3) is 10.9 Å². The van der Waals surface area contributed by atoms with Gasteiger partial charge < -0.3 is 0 Å². The van der Waals surface area contributed by atoms with Crippen LogP contribution >= 0.6 is 0 Å². The van der Waals surface area contributed by atoms with Gasteiger partial charge in [0.1, 0.15) is 11.3 Å². The summed E-state index contributed by atoms with van der Waals surface area (Å²) in [5, 5.41) is 0.284. The highest BCUT2D eigenvalue weighted by Gasteiger charge is 2.05. The van der Waals surface area contributed by atoms with E-state index >= 15 is 0 Å². The number of pyridine rings is 1. The van der Waals surface area contributed by atoms with Crippen LogP contribution in [0.15, 0.2) is 24.4 Å². The van der Waals surface area contributed by atoms with Crippen LogP contribution in [0.2, 0.25) is 0 Å². The van der Waals surface area contributed by atoms with Crippen molar-refractivity contribution in [2.45, 2.75) is 0 Å². The Morgan fingerprint density at radius 1 is 1.21 bits per heavy atom. The van der Waals surface area contributed by atoms with E-state index in [1.165, 1.54) is 12.3 Å². The summed E-state index contributed by atoms with van der Waals surface area (Å²) >= 11 is 0. The van der Waals surface area contributed by atoms with Crippen LogP contribution in [0.3, 0.4) is 0 Å². The molecule has 0 bridgehead atoms. The van der Waals surface area contributed by atoms with Crippen molar-refractivity contribution in [3.8, 4) is 0 Å². The van der Waals surface area contributed by atoms with E-state index in [0.717, 1.165) is 12.1 Å². The molecule has 1 aromatic carbocycles. The molecule has 2 aromatic rings. The van der Waals surface area contributed by atoms with Gasteiger partial charge in [-0.1, -0.05) is 0 Å². The third-order valence-corrected chi connectivity index (χ3v) is 1.86. The van der Waals surface area contributed by atoms with Gasteiger partial charge in [0.15, 0.2) is 12.1 Å². The van der Waals surface area contributed by atoms with Crippen molar-refractivity contribution in [3.63, 3.8) is 0 Å². The number of halogens is 2. The first-order chi connectivity index (χ1) is 6.70. The van der Waals surface area contributed by atoms with Crippen molar-refractivity contribution in [2.75, 3.05) is 0 Å². The van der Waals surface area contributed by atoms with E-state index in [2.05, 4.69) is 4.98 Å². The highest BCUT2D eigenvalue weighted by Crippen LogP contribution is 2.17. The maximum Gasteiger partial charge on any atom is 0.152 e. The molecule has 2 nitrogen and oxygen atoms in total. The van der Waals surface area contributed by atoms with Crippen LogP contribution in [-0.4, -0.2) is 11.3 Å². The van der Waals surface area contributed by atoms with E-state index in [4.69, 9.17) is 0 Å². The molecule has 0 saturated heterocycles. The Kier molecular flexibility index (Phi) is 1.96. The largest absolute Gasteiger partial charge is 0.298 e. The van der Waals surface area contributed by atoms with Gasteiger partial charge in [-0.2, -0.15) is 0 Å². The summed E-state index contributed by atoms with van der Waals surface area (Å²) in [5.74, 6) is -1.41. The molecule has 14 heavy (non-hydrogen) atoms. The van der Waals surface area contributed by atoms with Crippen LogP contribution in [0.5, 0.6) is 0 Å². The lowest BCUT2D eigenvalue weighted by Crippen LogP contribution is -1.89. The lowest BCUT2D eigenvalue weighted by molar-refractivity contribution is 0.112. The minimum absolute atomic E-state index is 0.0667. The monoisotopic (exact) mass is 193 g/mol. The number of carbonyl (C=O) groups is 1. The summed E-state index contributed by atoms with van der Waals surface area (Å²) in [5.41, 5.74) is 0.361. The SMILES string of the molecule is O=Cc1cnc2c(F)cc(F)cc2c1. The minimum atomic E-state index is -0.725. The van der Waals surface area contributed by atoms with E-state index in [1.54, 1.807) is 0 Å². The second-order valence-electron chi connectivity index (χ2n) is 2.85. The van der Waals surface area contributed by atoms with Crippen LogP contribution in [0.4, 0.5) is 8.78 Å². The fourth-order valence-electron chi connectivity index (χ4n) is 1.25. The second-order valence-corrected chi connectivity index (χ2v) is 2.85. The van der Waals surface area contributed by atoms with E-state index in [-0.39, 0.29) is 10.9 Å². The van der Waals surface area contributed by atoms with Crippen LogP contribution < -0.4 is 0 Å². The smallest absolute Gasteiger partial charge is 0.152 e. The highest BCUT2D eigenvalue weighted by atomic mass is 19.1. The third-order valence-electron chi connectivity index (χ3n) is 1.86. The number of aromatic nitrogens is 1. The summed E-state index contributed by atoms with van der Waals surface area (Å²) in [7, 11) is 0. The minimum Gasteiger partial charge on any atom is -0.298 e. The maximum atomic E-state index is 13.1. The van der Waals surface area contributed by atoms with Crippen molar-refractivity contribution in [3.05, 3.63) is 41.6 Å². The Morgan fingerprint density at radius 3 is 2.71 bits per heavy atom. The quantitative estimate of drug-likeness (QED) is 0.650. The molecular weight excluding hydrogens is 188 g/mol. The lowest BCUT2D eigenvalue weighted by Gasteiger charge is -1.99. The summed E-state index contributed by atoms with van der Waals surface area (Å²) in [6.07, 6.45) is 1.82. The molecule has 1 heterocycles. The van der Waals surface area contributed by atoms with Crippen molar-refractivity contribution in [1.29, 1.82) is 0 Å². The number of carbonyl (C=O) groups excluding carboxylic acids is 1.